The molecule has 0 radical (unpaired) electrons. The molecule has 23 heavy (non-hydrogen) atoms. The first-order chi connectivity index (χ1) is 11.0. The number of nitrogens with one attached hydrogen (secondary N) is 1. The lowest BCUT2D eigenvalue weighted by Gasteiger charge is -2.06. The summed E-state index contributed by atoms with van der Waals surface area (Å²) in [7, 11) is -1.89. The molecule has 0 aliphatic rings. The second-order valence-corrected chi connectivity index (χ2v) is 7.06. The molecule has 2 aromatic carbocycles. The van der Waals surface area contributed by atoms with Gasteiger partial charge in [-0.15, -0.1) is 0 Å². The van der Waals surface area contributed by atoms with Crippen LogP contribution in [0.4, 0.5) is 0 Å². The van der Waals surface area contributed by atoms with Crippen molar-refractivity contribution in [3.05, 3.63) is 75.7 Å². The largest absolute Gasteiger partial charge is 0.380 e. The summed E-state index contributed by atoms with van der Waals surface area (Å²) in [5.41, 5.74) is 2.64. The molecule has 0 unspecified atom stereocenters. The number of benzene rings is 2. The van der Waals surface area contributed by atoms with E-state index in [-0.39, 0.29) is 6.54 Å². The molecule has 0 spiro atoms. The third-order valence-corrected chi connectivity index (χ3v) is 4.38. The van der Waals surface area contributed by atoms with Crippen LogP contribution >= 0.6 is 11.6 Å². The average molecular weight is 352 g/mol. The molecular formula is C17H18ClNO3S. The molecule has 4 nitrogen and oxygen atoms in total. The van der Waals surface area contributed by atoms with Gasteiger partial charge in [0.2, 0.25) is 10.0 Å². The van der Waals surface area contributed by atoms with Gasteiger partial charge < -0.3 is 4.74 Å². The Hall–Kier alpha value is -1.66. The number of sulfonamides is 1. The summed E-state index contributed by atoms with van der Waals surface area (Å²) in [5.74, 6) is 0. The van der Waals surface area contributed by atoms with Crippen LogP contribution in [0.3, 0.4) is 0 Å². The van der Waals surface area contributed by atoms with Crippen molar-refractivity contribution in [2.45, 2.75) is 13.2 Å². The number of hydrogen-bond donors (Lipinski definition) is 1. The van der Waals surface area contributed by atoms with Crippen molar-refractivity contribution < 1.29 is 13.2 Å². The lowest BCUT2D eigenvalue weighted by Crippen LogP contribution is -2.20. The summed E-state index contributed by atoms with van der Waals surface area (Å²) in [6.07, 6.45) is 1.53. The summed E-state index contributed by atoms with van der Waals surface area (Å²) in [4.78, 5) is 0. The molecule has 0 fully saturated rings. The lowest BCUT2D eigenvalue weighted by atomic mass is 10.1. The summed E-state index contributed by atoms with van der Waals surface area (Å²) in [5, 5.41) is 1.76. The fraction of sp³-hybridized carbons (Fsp3) is 0.176. The van der Waals surface area contributed by atoms with Crippen LogP contribution in [-0.2, 0) is 27.9 Å². The zero-order valence-corrected chi connectivity index (χ0v) is 14.3. The van der Waals surface area contributed by atoms with E-state index in [9.17, 15) is 8.42 Å². The van der Waals surface area contributed by atoms with Gasteiger partial charge in [-0.2, -0.15) is 0 Å². The van der Waals surface area contributed by atoms with Crippen LogP contribution in [-0.4, -0.2) is 15.5 Å². The Morgan fingerprint density at radius 2 is 1.83 bits per heavy atom. The Balaban J connectivity index is 1.98. The molecule has 0 amide bonds. The monoisotopic (exact) mass is 351 g/mol. The first-order valence-corrected chi connectivity index (χ1v) is 8.91. The Morgan fingerprint density at radius 1 is 1.13 bits per heavy atom. The zero-order valence-electron chi connectivity index (χ0n) is 12.7. The van der Waals surface area contributed by atoms with Crippen LogP contribution < -0.4 is 4.72 Å². The van der Waals surface area contributed by atoms with E-state index in [1.54, 1.807) is 31.4 Å². The van der Waals surface area contributed by atoms with Crippen LogP contribution in [0.25, 0.3) is 6.08 Å². The minimum Gasteiger partial charge on any atom is -0.380 e. The number of ether oxygens (including phenoxy) is 1. The average Bonchev–Trinajstić information content (AvgIpc) is 2.53. The topological polar surface area (TPSA) is 55.4 Å². The highest BCUT2D eigenvalue weighted by atomic mass is 35.5. The van der Waals surface area contributed by atoms with Crippen LogP contribution in [0.15, 0.2) is 53.9 Å². The fourth-order valence-corrected chi connectivity index (χ4v) is 2.90. The molecule has 2 aromatic rings. The maximum atomic E-state index is 12.0. The Bertz CT molecular complexity index is 771. The third kappa shape index (κ3) is 6.15. The smallest absolute Gasteiger partial charge is 0.234 e. The van der Waals surface area contributed by atoms with E-state index >= 15 is 0 Å². The molecule has 122 valence electrons. The van der Waals surface area contributed by atoms with E-state index in [1.165, 1.54) is 6.08 Å². The van der Waals surface area contributed by atoms with Gasteiger partial charge in [0.1, 0.15) is 0 Å². The van der Waals surface area contributed by atoms with Crippen molar-refractivity contribution in [2.75, 3.05) is 7.11 Å². The predicted octanol–water partition coefficient (Wildman–Crippen LogP) is 3.58. The molecule has 0 heterocycles. The second-order valence-electron chi connectivity index (χ2n) is 4.97. The summed E-state index contributed by atoms with van der Waals surface area (Å²) in [6.45, 7) is 0.724. The number of halogens is 1. The molecule has 0 aliphatic carbocycles. The standard InChI is InChI=1S/C17H18ClNO3S/c1-22-13-16-4-2-3-15(11-16)12-19-23(20,21)10-9-14-5-7-17(18)8-6-14/h2-11,19H,12-13H2,1H3/b10-9+. The van der Waals surface area contributed by atoms with E-state index in [4.69, 9.17) is 16.3 Å². The Morgan fingerprint density at radius 3 is 2.52 bits per heavy atom. The van der Waals surface area contributed by atoms with Crippen LogP contribution in [0, 0.1) is 0 Å². The highest BCUT2D eigenvalue weighted by molar-refractivity contribution is 7.92. The maximum absolute atomic E-state index is 12.0. The first kappa shape index (κ1) is 17.7. The van der Waals surface area contributed by atoms with Gasteiger partial charge in [-0.25, -0.2) is 13.1 Å². The van der Waals surface area contributed by atoms with E-state index in [0.717, 1.165) is 22.1 Å². The summed E-state index contributed by atoms with van der Waals surface area (Å²) < 4.78 is 31.6. The van der Waals surface area contributed by atoms with Crippen molar-refractivity contribution in [3.8, 4) is 0 Å². The van der Waals surface area contributed by atoms with Crippen molar-refractivity contribution in [1.29, 1.82) is 0 Å². The molecule has 0 atom stereocenters. The van der Waals surface area contributed by atoms with Gasteiger partial charge >= 0.3 is 0 Å². The quantitative estimate of drug-likeness (QED) is 0.829. The molecular weight excluding hydrogens is 334 g/mol. The minimum absolute atomic E-state index is 0.227. The van der Waals surface area contributed by atoms with Crippen molar-refractivity contribution >= 4 is 27.7 Å². The van der Waals surface area contributed by atoms with E-state index in [1.807, 2.05) is 24.3 Å². The number of hydrogen-bond acceptors (Lipinski definition) is 3. The maximum Gasteiger partial charge on any atom is 0.234 e. The van der Waals surface area contributed by atoms with E-state index in [0.29, 0.717) is 11.6 Å². The zero-order chi connectivity index (χ0) is 16.7. The van der Waals surface area contributed by atoms with E-state index < -0.39 is 10.0 Å². The normalized spacial score (nSPS) is 11.9. The minimum atomic E-state index is -3.51. The van der Waals surface area contributed by atoms with Gasteiger partial charge in [0, 0.05) is 24.1 Å². The van der Waals surface area contributed by atoms with Crippen LogP contribution in [0.5, 0.6) is 0 Å². The molecule has 0 aliphatic heterocycles. The van der Waals surface area contributed by atoms with Crippen LogP contribution in [0.1, 0.15) is 16.7 Å². The molecule has 6 heteroatoms. The van der Waals surface area contributed by atoms with Crippen molar-refractivity contribution in [3.63, 3.8) is 0 Å². The van der Waals surface area contributed by atoms with Gasteiger partial charge in [-0.05, 0) is 34.9 Å². The van der Waals surface area contributed by atoms with Gasteiger partial charge in [-0.1, -0.05) is 48.0 Å². The molecule has 2 rings (SSSR count). The fourth-order valence-electron chi connectivity index (χ4n) is 1.97. The highest BCUT2D eigenvalue weighted by Crippen LogP contribution is 2.11. The molecule has 0 bridgehead atoms. The van der Waals surface area contributed by atoms with Gasteiger partial charge in [0.25, 0.3) is 0 Å². The first-order valence-electron chi connectivity index (χ1n) is 6.98. The Labute approximate surface area is 141 Å². The number of methoxy groups -OCH3 is 1. The second kappa shape index (κ2) is 8.26. The third-order valence-electron chi connectivity index (χ3n) is 3.09. The summed E-state index contributed by atoms with van der Waals surface area (Å²) >= 11 is 5.79. The van der Waals surface area contributed by atoms with E-state index in [2.05, 4.69) is 4.72 Å². The molecule has 0 saturated heterocycles. The molecule has 0 aromatic heterocycles. The SMILES string of the molecule is COCc1cccc(CNS(=O)(=O)/C=C/c2ccc(Cl)cc2)c1. The van der Waals surface area contributed by atoms with Gasteiger partial charge in [0.05, 0.1) is 6.61 Å². The lowest BCUT2D eigenvalue weighted by molar-refractivity contribution is 0.185. The van der Waals surface area contributed by atoms with Gasteiger partial charge in [0.15, 0.2) is 0 Å². The molecule has 0 saturated carbocycles. The number of rotatable bonds is 7. The van der Waals surface area contributed by atoms with Gasteiger partial charge in [-0.3, -0.25) is 0 Å². The molecule has 1 N–H and O–H groups in total. The Kier molecular flexibility index (Phi) is 6.36. The highest BCUT2D eigenvalue weighted by Gasteiger charge is 2.05. The predicted molar refractivity (Wildman–Crippen MR) is 93.4 cm³/mol. The summed E-state index contributed by atoms with van der Waals surface area (Å²) in [6, 6.07) is 14.5. The van der Waals surface area contributed by atoms with Crippen molar-refractivity contribution in [2.24, 2.45) is 0 Å². The van der Waals surface area contributed by atoms with Crippen LogP contribution in [0.2, 0.25) is 5.02 Å². The van der Waals surface area contributed by atoms with Crippen molar-refractivity contribution in [1.82, 2.24) is 4.72 Å².